The van der Waals surface area contributed by atoms with Gasteiger partial charge in [0.25, 0.3) is 0 Å². The first-order chi connectivity index (χ1) is 30.1. The molecule has 14 nitrogen and oxygen atoms in total. The molecule has 3 aliphatic heterocycles. The number of carbonyl (C=O) groups excluding carboxylic acids is 3. The summed E-state index contributed by atoms with van der Waals surface area (Å²) < 4.78 is 7.94. The lowest BCUT2D eigenvalue weighted by molar-refractivity contribution is -0.685. The Hall–Kier alpha value is -4.35. The van der Waals surface area contributed by atoms with Gasteiger partial charge in [-0.05, 0) is 141 Å². The number of hydrogen-bond donors (Lipinski definition) is 5. The summed E-state index contributed by atoms with van der Waals surface area (Å²) in [5.74, 6) is -0.550. The number of allylic oxidation sites excluding steroid dienone is 6. The van der Waals surface area contributed by atoms with E-state index in [1.54, 1.807) is 0 Å². The van der Waals surface area contributed by atoms with Crippen LogP contribution in [0.4, 0.5) is 11.5 Å². The number of fused-ring (bicyclic) bond motifs is 3. The number of pyridine rings is 1. The number of halogens is 1. The Kier molecular flexibility index (Phi) is 18.6. The van der Waals surface area contributed by atoms with Crippen LogP contribution in [0.1, 0.15) is 128 Å². The minimum absolute atomic E-state index is 0.0150. The number of anilines is 1. The SMILES string of the molecule is Cc1cc(SOOO)cc2c1N1CCCCCC(=O)NCCCCC(C(=O)NCCCC(=O)O)NC(=O)CCCCC[n+]3cc(Br)cc4c3N=C(/C=C/C=C/C=C1C2(C)C)C4(C)C. The summed E-state index contributed by atoms with van der Waals surface area (Å²) >= 11 is 4.68. The fourth-order valence-electron chi connectivity index (χ4n) is 8.54. The highest BCUT2D eigenvalue weighted by atomic mass is 79.9. The second-order valence-corrected chi connectivity index (χ2v) is 19.2. The average Bonchev–Trinajstić information content (AvgIpc) is 3.60. The van der Waals surface area contributed by atoms with Crippen LogP contribution in [0.15, 0.2) is 74.8 Å². The Morgan fingerprint density at radius 3 is 2.49 bits per heavy atom. The molecule has 63 heavy (non-hydrogen) atoms. The number of nitrogens with one attached hydrogen (secondary N) is 3. The van der Waals surface area contributed by atoms with Crippen LogP contribution >= 0.6 is 28.0 Å². The Morgan fingerprint density at radius 1 is 0.968 bits per heavy atom. The van der Waals surface area contributed by atoms with E-state index in [2.05, 4.69) is 118 Å². The number of carbonyl (C=O) groups is 4. The monoisotopic (exact) mass is 951 g/mol. The first-order valence-electron chi connectivity index (χ1n) is 22.1. The van der Waals surface area contributed by atoms with Crippen molar-refractivity contribution in [2.75, 3.05) is 24.5 Å². The molecule has 16 heteroatoms. The molecule has 5 rings (SSSR count). The summed E-state index contributed by atoms with van der Waals surface area (Å²) in [6.07, 6.45) is 19.8. The molecule has 5 N–H and O–H groups in total. The van der Waals surface area contributed by atoms with Crippen molar-refractivity contribution >= 4 is 68.9 Å². The largest absolute Gasteiger partial charge is 0.481 e. The normalized spacial score (nSPS) is 21.1. The molecule has 3 aliphatic rings. The maximum atomic E-state index is 13.1. The van der Waals surface area contributed by atoms with Crippen molar-refractivity contribution in [3.63, 3.8) is 0 Å². The first-order valence-corrected chi connectivity index (χ1v) is 23.7. The molecule has 1 aromatic carbocycles. The molecule has 0 radical (unpaired) electrons. The molecule has 342 valence electrons. The van der Waals surface area contributed by atoms with Crippen LogP contribution in [0.3, 0.4) is 0 Å². The third-order valence-corrected chi connectivity index (χ3v) is 13.0. The number of aromatic nitrogens is 1. The van der Waals surface area contributed by atoms with E-state index in [0.29, 0.717) is 45.1 Å². The van der Waals surface area contributed by atoms with E-state index >= 15 is 0 Å². The number of benzene rings is 1. The van der Waals surface area contributed by atoms with Gasteiger partial charge in [0.2, 0.25) is 17.7 Å². The lowest BCUT2D eigenvalue weighted by atomic mass is 9.82. The van der Waals surface area contributed by atoms with Crippen molar-refractivity contribution in [3.8, 4) is 0 Å². The lowest BCUT2D eigenvalue weighted by Gasteiger charge is -2.27. The van der Waals surface area contributed by atoms with Crippen LogP contribution in [0, 0.1) is 6.92 Å². The molecule has 3 amide bonds. The van der Waals surface area contributed by atoms with Gasteiger partial charge in [0.1, 0.15) is 12.2 Å². The van der Waals surface area contributed by atoms with Crippen LogP contribution < -0.4 is 25.4 Å². The van der Waals surface area contributed by atoms with Crippen molar-refractivity contribution in [1.82, 2.24) is 16.0 Å². The van der Waals surface area contributed by atoms with E-state index in [1.165, 1.54) is 0 Å². The fourth-order valence-corrected chi connectivity index (χ4v) is 9.52. The summed E-state index contributed by atoms with van der Waals surface area (Å²) in [6.45, 7) is 13.0. The third kappa shape index (κ3) is 13.6. The second kappa shape index (κ2) is 23.5. The maximum absolute atomic E-state index is 13.1. The summed E-state index contributed by atoms with van der Waals surface area (Å²) in [7, 11) is 0. The molecule has 0 saturated carbocycles. The van der Waals surface area contributed by atoms with Crippen molar-refractivity contribution in [2.24, 2.45) is 4.99 Å². The van der Waals surface area contributed by atoms with Crippen LogP contribution in [-0.2, 0) is 45.9 Å². The molecule has 1 aromatic heterocycles. The number of carboxylic acids is 1. The standard InChI is InChI=1S/C47H63BrN6O8S/c1-32-28-34(63-62-61-60)30-35-43(32)54-27-16-8-11-21-40(55)49-24-14-13-18-37(45(59)50-25-17-23-42(57)58)51-41(56)22-12-7-15-26-53-31-33(48)29-36-44(53)52-38(46(36,2)3)19-9-6-10-20-39(54)47(35,4)5/h6,9-10,19-20,28-31,37H,7-8,11-18,21-27H2,1-5H3,(H4-,49,50,51,55,56,57,58,59,60)/p+1. The topological polar surface area (TPSA) is 183 Å². The number of aryl methyl sites for hydroxylation is 2. The number of amides is 3. The highest BCUT2D eigenvalue weighted by Gasteiger charge is 2.43. The highest BCUT2D eigenvalue weighted by molar-refractivity contribution is 9.10. The summed E-state index contributed by atoms with van der Waals surface area (Å²) in [5.41, 5.74) is 5.93. The predicted molar refractivity (Wildman–Crippen MR) is 249 cm³/mol. The lowest BCUT2D eigenvalue weighted by Crippen LogP contribution is -2.47. The molecule has 1 unspecified atom stereocenters. The summed E-state index contributed by atoms with van der Waals surface area (Å²) in [4.78, 5) is 58.3. The van der Waals surface area contributed by atoms with Crippen LogP contribution in [0.2, 0.25) is 0 Å². The summed E-state index contributed by atoms with van der Waals surface area (Å²) in [6, 6.07) is 5.50. The van der Waals surface area contributed by atoms with Gasteiger partial charge in [-0.2, -0.15) is 0 Å². The molecule has 0 aliphatic carbocycles. The Bertz CT molecular complexity index is 2100. The van der Waals surface area contributed by atoms with Gasteiger partial charge in [-0.1, -0.05) is 43.5 Å². The van der Waals surface area contributed by atoms with E-state index in [9.17, 15) is 19.2 Å². The van der Waals surface area contributed by atoms with Crippen molar-refractivity contribution in [2.45, 2.75) is 146 Å². The summed E-state index contributed by atoms with van der Waals surface area (Å²) in [5, 5.41) is 30.4. The van der Waals surface area contributed by atoms with Gasteiger partial charge in [0.05, 0.1) is 34.0 Å². The highest BCUT2D eigenvalue weighted by Crippen LogP contribution is 2.51. The van der Waals surface area contributed by atoms with E-state index in [1.807, 2.05) is 18.2 Å². The van der Waals surface area contributed by atoms with Gasteiger partial charge in [-0.3, -0.25) is 19.2 Å². The van der Waals surface area contributed by atoms with Gasteiger partial charge in [0.15, 0.2) is 5.71 Å². The molecule has 0 spiro atoms. The Labute approximate surface area is 384 Å². The first kappa shape index (κ1) is 49.7. The van der Waals surface area contributed by atoms with Crippen molar-refractivity contribution < 1.29 is 43.5 Å². The van der Waals surface area contributed by atoms with Crippen LogP contribution in [-0.4, -0.2) is 65.4 Å². The molecule has 1 atom stereocenters. The fraction of sp³-hybridized carbons (Fsp3) is 0.532. The van der Waals surface area contributed by atoms with E-state index in [0.717, 1.165) is 106 Å². The Balaban J connectivity index is 1.36. The average molecular weight is 953 g/mol. The number of aliphatic carboxylic acids is 1. The van der Waals surface area contributed by atoms with Gasteiger partial charge in [-0.15, -0.1) is 4.33 Å². The molecule has 4 heterocycles. The number of aliphatic imine (C=N–C) groups is 1. The molecule has 0 saturated heterocycles. The maximum Gasteiger partial charge on any atom is 0.327 e. The number of rotatable bonds is 8. The van der Waals surface area contributed by atoms with E-state index in [4.69, 9.17) is 19.7 Å². The molecular weight excluding hydrogens is 889 g/mol. The van der Waals surface area contributed by atoms with Crippen LogP contribution in [0.5, 0.6) is 0 Å². The van der Waals surface area contributed by atoms with Crippen molar-refractivity contribution in [3.05, 3.63) is 81.6 Å². The molecular formula is C47H64BrN6O8S+. The van der Waals surface area contributed by atoms with Gasteiger partial charge in [-0.25, -0.2) is 9.82 Å². The number of nitrogens with zero attached hydrogens (tertiary/aromatic N) is 3. The zero-order chi connectivity index (χ0) is 45.6. The van der Waals surface area contributed by atoms with Gasteiger partial charge < -0.3 is 26.0 Å². The zero-order valence-electron chi connectivity index (χ0n) is 37.3. The van der Waals surface area contributed by atoms with Crippen LogP contribution in [0.25, 0.3) is 0 Å². The van der Waals surface area contributed by atoms with Gasteiger partial charge >= 0.3 is 11.8 Å². The molecule has 0 fully saturated rings. The third-order valence-electron chi connectivity index (χ3n) is 12.0. The number of carboxylic acid groups (broad SMARTS) is 1. The quantitative estimate of drug-likeness (QED) is 0.0566. The second-order valence-electron chi connectivity index (χ2n) is 17.5. The van der Waals surface area contributed by atoms with Crippen molar-refractivity contribution in [1.29, 1.82) is 0 Å². The zero-order valence-corrected chi connectivity index (χ0v) is 39.7. The van der Waals surface area contributed by atoms with E-state index in [-0.39, 0.29) is 47.9 Å². The Morgan fingerprint density at radius 2 is 1.73 bits per heavy atom. The molecule has 2 aromatic rings. The smallest absolute Gasteiger partial charge is 0.327 e. The van der Waals surface area contributed by atoms with E-state index < -0.39 is 12.0 Å². The minimum Gasteiger partial charge on any atom is -0.481 e. The minimum atomic E-state index is -0.929. The van der Waals surface area contributed by atoms with Gasteiger partial charge in [0, 0.05) is 60.6 Å². The number of hydrogen-bond acceptors (Lipinski definition) is 10. The predicted octanol–water partition coefficient (Wildman–Crippen LogP) is 8.52. The molecule has 2 bridgehead atoms.